The van der Waals surface area contributed by atoms with Crippen molar-refractivity contribution in [2.45, 2.75) is 31.3 Å². The van der Waals surface area contributed by atoms with Gasteiger partial charge in [0.05, 0.1) is 6.61 Å². The molecule has 1 fully saturated rings. The van der Waals surface area contributed by atoms with E-state index in [1.54, 1.807) is 7.11 Å². The minimum atomic E-state index is 0.223. The molecule has 0 bridgehead atoms. The van der Waals surface area contributed by atoms with Crippen LogP contribution in [0.4, 0.5) is 0 Å². The highest BCUT2D eigenvalue weighted by Gasteiger charge is 2.16. The molecule has 0 aromatic heterocycles. The van der Waals surface area contributed by atoms with Crippen LogP contribution in [-0.2, 0) is 4.74 Å². The van der Waals surface area contributed by atoms with Crippen LogP contribution in [0, 0.1) is 0 Å². The summed E-state index contributed by atoms with van der Waals surface area (Å²) in [6, 6.07) is 0.824. The Hall–Kier alpha value is -0.160. The van der Waals surface area contributed by atoms with Crippen LogP contribution in [0.2, 0.25) is 0 Å². The SMILES string of the molecule is COCC(CCO)NC1CCCNC1. The summed E-state index contributed by atoms with van der Waals surface area (Å²) in [6.07, 6.45) is 3.22. The summed E-state index contributed by atoms with van der Waals surface area (Å²) >= 11 is 0. The number of piperidine rings is 1. The van der Waals surface area contributed by atoms with Gasteiger partial charge in [-0.15, -0.1) is 0 Å². The molecular weight excluding hydrogens is 180 g/mol. The van der Waals surface area contributed by atoms with E-state index in [0.717, 1.165) is 19.5 Å². The van der Waals surface area contributed by atoms with Crippen molar-refractivity contribution < 1.29 is 9.84 Å². The molecule has 0 spiro atoms. The summed E-state index contributed by atoms with van der Waals surface area (Å²) in [6.45, 7) is 3.07. The van der Waals surface area contributed by atoms with E-state index < -0.39 is 0 Å². The van der Waals surface area contributed by atoms with Crippen LogP contribution in [0.5, 0.6) is 0 Å². The Bertz CT molecular complexity index is 132. The quantitative estimate of drug-likeness (QED) is 0.555. The number of aliphatic hydroxyl groups is 1. The monoisotopic (exact) mass is 202 g/mol. The highest BCUT2D eigenvalue weighted by Crippen LogP contribution is 2.04. The first-order chi connectivity index (χ1) is 6.86. The van der Waals surface area contributed by atoms with Gasteiger partial charge in [0, 0.05) is 32.3 Å². The summed E-state index contributed by atoms with van der Waals surface area (Å²) in [5.74, 6) is 0. The Labute approximate surface area is 86.0 Å². The molecule has 1 saturated heterocycles. The summed E-state index contributed by atoms with van der Waals surface area (Å²) in [4.78, 5) is 0. The predicted molar refractivity (Wildman–Crippen MR) is 56.4 cm³/mol. The maximum atomic E-state index is 8.88. The molecule has 84 valence electrons. The second-order valence-corrected chi connectivity index (χ2v) is 3.87. The zero-order chi connectivity index (χ0) is 10.2. The Morgan fingerprint density at radius 2 is 2.50 bits per heavy atom. The van der Waals surface area contributed by atoms with Gasteiger partial charge in [-0.1, -0.05) is 0 Å². The fourth-order valence-electron chi connectivity index (χ4n) is 1.90. The van der Waals surface area contributed by atoms with Crippen LogP contribution < -0.4 is 10.6 Å². The summed E-state index contributed by atoms with van der Waals surface area (Å²) in [5.41, 5.74) is 0. The van der Waals surface area contributed by atoms with E-state index >= 15 is 0 Å². The topological polar surface area (TPSA) is 53.5 Å². The van der Waals surface area contributed by atoms with Crippen LogP contribution >= 0.6 is 0 Å². The number of rotatable bonds is 6. The van der Waals surface area contributed by atoms with Crippen molar-refractivity contribution in [2.24, 2.45) is 0 Å². The van der Waals surface area contributed by atoms with E-state index in [2.05, 4.69) is 10.6 Å². The molecule has 0 aromatic rings. The van der Waals surface area contributed by atoms with Gasteiger partial charge < -0.3 is 20.5 Å². The average Bonchev–Trinajstić information content (AvgIpc) is 2.20. The largest absolute Gasteiger partial charge is 0.396 e. The number of nitrogens with one attached hydrogen (secondary N) is 2. The number of ether oxygens (including phenoxy) is 1. The molecule has 3 N–H and O–H groups in total. The van der Waals surface area contributed by atoms with Gasteiger partial charge in [-0.05, 0) is 25.8 Å². The summed E-state index contributed by atoms with van der Waals surface area (Å²) < 4.78 is 5.10. The maximum Gasteiger partial charge on any atom is 0.0616 e. The van der Waals surface area contributed by atoms with E-state index in [9.17, 15) is 0 Å². The molecule has 1 aliphatic heterocycles. The second kappa shape index (κ2) is 7.17. The normalized spacial score (nSPS) is 24.9. The van der Waals surface area contributed by atoms with Crippen molar-refractivity contribution in [2.75, 3.05) is 33.4 Å². The molecule has 4 heteroatoms. The first-order valence-electron chi connectivity index (χ1n) is 5.43. The molecule has 0 radical (unpaired) electrons. The van der Waals surface area contributed by atoms with E-state index in [4.69, 9.17) is 9.84 Å². The van der Waals surface area contributed by atoms with Gasteiger partial charge in [0.2, 0.25) is 0 Å². The average molecular weight is 202 g/mol. The van der Waals surface area contributed by atoms with Gasteiger partial charge in [-0.3, -0.25) is 0 Å². The number of hydrogen-bond donors (Lipinski definition) is 3. The lowest BCUT2D eigenvalue weighted by molar-refractivity contribution is 0.139. The lowest BCUT2D eigenvalue weighted by atomic mass is 10.1. The minimum Gasteiger partial charge on any atom is -0.396 e. The van der Waals surface area contributed by atoms with E-state index in [0.29, 0.717) is 12.6 Å². The first-order valence-corrected chi connectivity index (χ1v) is 5.43. The number of aliphatic hydroxyl groups excluding tert-OH is 1. The number of methoxy groups -OCH3 is 1. The highest BCUT2D eigenvalue weighted by atomic mass is 16.5. The Morgan fingerprint density at radius 3 is 3.07 bits per heavy atom. The summed E-state index contributed by atoms with van der Waals surface area (Å²) in [7, 11) is 1.70. The van der Waals surface area contributed by atoms with Gasteiger partial charge >= 0.3 is 0 Å². The van der Waals surface area contributed by atoms with Crippen LogP contribution in [-0.4, -0.2) is 50.6 Å². The molecule has 2 unspecified atom stereocenters. The molecule has 4 nitrogen and oxygen atoms in total. The standard InChI is InChI=1S/C10H22N2O2/c1-14-8-10(4-6-13)12-9-3-2-5-11-7-9/h9-13H,2-8H2,1H3. The van der Waals surface area contributed by atoms with Gasteiger partial charge in [0.15, 0.2) is 0 Å². The van der Waals surface area contributed by atoms with E-state index in [-0.39, 0.29) is 12.6 Å². The van der Waals surface area contributed by atoms with Crippen LogP contribution in [0.3, 0.4) is 0 Å². The molecule has 0 aliphatic carbocycles. The Morgan fingerprint density at radius 1 is 1.64 bits per heavy atom. The van der Waals surface area contributed by atoms with Crippen LogP contribution in [0.1, 0.15) is 19.3 Å². The molecular formula is C10H22N2O2. The first kappa shape index (κ1) is 11.9. The smallest absolute Gasteiger partial charge is 0.0616 e. The van der Waals surface area contributed by atoms with Crippen molar-refractivity contribution in [3.63, 3.8) is 0 Å². The van der Waals surface area contributed by atoms with Crippen molar-refractivity contribution in [3.8, 4) is 0 Å². The molecule has 0 aromatic carbocycles. The zero-order valence-corrected chi connectivity index (χ0v) is 8.96. The maximum absolute atomic E-state index is 8.88. The van der Waals surface area contributed by atoms with Crippen LogP contribution in [0.25, 0.3) is 0 Å². The second-order valence-electron chi connectivity index (χ2n) is 3.87. The summed E-state index contributed by atoms with van der Waals surface area (Å²) in [5, 5.41) is 15.8. The Balaban J connectivity index is 2.21. The van der Waals surface area contributed by atoms with E-state index in [1.807, 2.05) is 0 Å². The molecule has 0 saturated carbocycles. The molecule has 2 atom stereocenters. The third-order valence-electron chi connectivity index (χ3n) is 2.61. The van der Waals surface area contributed by atoms with Crippen molar-refractivity contribution in [3.05, 3.63) is 0 Å². The van der Waals surface area contributed by atoms with Gasteiger partial charge in [0.1, 0.15) is 0 Å². The molecule has 0 amide bonds. The fraction of sp³-hybridized carbons (Fsp3) is 1.00. The van der Waals surface area contributed by atoms with Crippen molar-refractivity contribution in [1.29, 1.82) is 0 Å². The third-order valence-corrected chi connectivity index (χ3v) is 2.61. The van der Waals surface area contributed by atoms with Gasteiger partial charge in [-0.2, -0.15) is 0 Å². The van der Waals surface area contributed by atoms with Gasteiger partial charge in [-0.25, -0.2) is 0 Å². The van der Waals surface area contributed by atoms with Crippen molar-refractivity contribution >= 4 is 0 Å². The zero-order valence-electron chi connectivity index (χ0n) is 8.96. The predicted octanol–water partition coefficient (Wildman–Crippen LogP) is -0.275. The van der Waals surface area contributed by atoms with Crippen LogP contribution in [0.15, 0.2) is 0 Å². The lowest BCUT2D eigenvalue weighted by Crippen LogP contribution is -2.49. The molecule has 1 rings (SSSR count). The lowest BCUT2D eigenvalue weighted by Gasteiger charge is -2.28. The minimum absolute atomic E-state index is 0.223. The van der Waals surface area contributed by atoms with Crippen molar-refractivity contribution in [1.82, 2.24) is 10.6 Å². The fourth-order valence-corrected chi connectivity index (χ4v) is 1.90. The third kappa shape index (κ3) is 4.37. The molecule has 14 heavy (non-hydrogen) atoms. The molecule has 1 heterocycles. The Kier molecular flexibility index (Phi) is 6.10. The van der Waals surface area contributed by atoms with Gasteiger partial charge in [0.25, 0.3) is 0 Å². The molecule has 1 aliphatic rings. The highest BCUT2D eigenvalue weighted by molar-refractivity contribution is 4.79. The number of hydrogen-bond acceptors (Lipinski definition) is 4. The van der Waals surface area contributed by atoms with E-state index in [1.165, 1.54) is 12.8 Å².